The molecule has 0 atom stereocenters. The average Bonchev–Trinajstić information content (AvgIpc) is 2.20. The molecule has 0 aliphatic carbocycles. The van der Waals surface area contributed by atoms with Crippen molar-refractivity contribution in [3.05, 3.63) is 53.6 Å². The van der Waals surface area contributed by atoms with E-state index >= 15 is 0 Å². The normalized spacial score (nSPS) is 9.85. The van der Waals surface area contributed by atoms with Gasteiger partial charge >= 0.3 is 0 Å². The summed E-state index contributed by atoms with van der Waals surface area (Å²) >= 11 is 4.96. The summed E-state index contributed by atoms with van der Waals surface area (Å²) < 4.78 is 2.77. The Morgan fingerprint density at radius 2 is 1.85 bits per heavy atom. The Hall–Kier alpha value is -1.48. The summed E-state index contributed by atoms with van der Waals surface area (Å²) in [6.07, 6.45) is 5.88. The number of aromatic amines is 1. The number of nitrogens with zero attached hydrogens (tertiary/aromatic N) is 1. The molecule has 0 aliphatic heterocycles. The molecule has 0 amide bonds. The van der Waals surface area contributed by atoms with Crippen molar-refractivity contribution < 1.29 is 4.57 Å². The summed E-state index contributed by atoms with van der Waals surface area (Å²) in [4.78, 5) is 2.99. The molecule has 64 valence electrons. The van der Waals surface area contributed by atoms with Gasteiger partial charge in [-0.05, 0) is 6.07 Å². The maximum absolute atomic E-state index is 4.96. The summed E-state index contributed by atoms with van der Waals surface area (Å²) in [6.45, 7) is 0. The Kier molecular flexibility index (Phi) is 2.19. The Bertz CT molecular complexity index is 427. The molecule has 0 unspecified atom stereocenters. The molecule has 0 fully saturated rings. The third kappa shape index (κ3) is 1.81. The van der Waals surface area contributed by atoms with Gasteiger partial charge in [0.15, 0.2) is 12.4 Å². The van der Waals surface area contributed by atoms with E-state index in [-0.39, 0.29) is 0 Å². The standard InChI is InChI=1S/C10H8N2S/c13-10-5-4-9(8-11-10)12-6-2-1-3-7-12/h1-8H/p+1. The zero-order chi connectivity index (χ0) is 9.10. The van der Waals surface area contributed by atoms with Crippen LogP contribution in [0, 0.1) is 4.64 Å². The lowest BCUT2D eigenvalue weighted by atomic mass is 10.4. The highest BCUT2D eigenvalue weighted by atomic mass is 32.1. The molecule has 0 spiro atoms. The van der Waals surface area contributed by atoms with Gasteiger partial charge in [0.1, 0.15) is 4.64 Å². The van der Waals surface area contributed by atoms with Crippen LogP contribution >= 0.6 is 12.2 Å². The monoisotopic (exact) mass is 189 g/mol. The van der Waals surface area contributed by atoms with E-state index in [9.17, 15) is 0 Å². The SMILES string of the molecule is S=c1ccc(-[n+]2ccccc2)c[nH]1. The molecule has 2 nitrogen and oxygen atoms in total. The Morgan fingerprint density at radius 1 is 1.08 bits per heavy atom. The van der Waals surface area contributed by atoms with Crippen molar-refractivity contribution in [1.82, 2.24) is 4.98 Å². The van der Waals surface area contributed by atoms with Crippen LogP contribution in [0.1, 0.15) is 0 Å². The molecule has 13 heavy (non-hydrogen) atoms. The smallest absolute Gasteiger partial charge is 0.226 e. The van der Waals surface area contributed by atoms with Gasteiger partial charge in [-0.1, -0.05) is 18.3 Å². The molecule has 0 saturated carbocycles. The minimum atomic E-state index is 0.750. The van der Waals surface area contributed by atoms with Crippen LogP contribution in [0.3, 0.4) is 0 Å². The summed E-state index contributed by atoms with van der Waals surface area (Å²) in [6, 6.07) is 9.83. The van der Waals surface area contributed by atoms with E-state index in [1.165, 1.54) is 0 Å². The van der Waals surface area contributed by atoms with E-state index in [1.54, 1.807) is 0 Å². The van der Waals surface area contributed by atoms with Crippen molar-refractivity contribution in [3.8, 4) is 5.69 Å². The highest BCUT2D eigenvalue weighted by Gasteiger charge is 2.01. The van der Waals surface area contributed by atoms with Crippen LogP contribution in [0.5, 0.6) is 0 Å². The average molecular weight is 189 g/mol. The maximum Gasteiger partial charge on any atom is 0.226 e. The van der Waals surface area contributed by atoms with Crippen LogP contribution in [-0.2, 0) is 0 Å². The second kappa shape index (κ2) is 3.49. The van der Waals surface area contributed by atoms with E-state index in [2.05, 4.69) is 4.98 Å². The van der Waals surface area contributed by atoms with Gasteiger partial charge in [0.25, 0.3) is 0 Å². The van der Waals surface area contributed by atoms with Crippen LogP contribution in [0.4, 0.5) is 0 Å². The van der Waals surface area contributed by atoms with Crippen molar-refractivity contribution in [3.63, 3.8) is 0 Å². The molecule has 2 aromatic rings. The van der Waals surface area contributed by atoms with Gasteiger partial charge in [0, 0.05) is 18.2 Å². The summed E-state index contributed by atoms with van der Waals surface area (Å²) in [5, 5.41) is 0. The number of H-pyrrole nitrogens is 1. The highest BCUT2D eigenvalue weighted by molar-refractivity contribution is 7.71. The molecule has 0 aliphatic rings. The van der Waals surface area contributed by atoms with Crippen LogP contribution in [-0.4, -0.2) is 4.98 Å². The van der Waals surface area contributed by atoms with Gasteiger partial charge < -0.3 is 4.98 Å². The van der Waals surface area contributed by atoms with E-state index in [4.69, 9.17) is 12.2 Å². The van der Waals surface area contributed by atoms with Gasteiger partial charge in [0.2, 0.25) is 5.69 Å². The molecular formula is C10H9N2S+. The molecular weight excluding hydrogens is 180 g/mol. The van der Waals surface area contributed by atoms with Gasteiger partial charge in [0.05, 0.1) is 6.20 Å². The number of hydrogen-bond acceptors (Lipinski definition) is 1. The molecule has 2 aromatic heterocycles. The minimum Gasteiger partial charge on any atom is -0.347 e. The van der Waals surface area contributed by atoms with Gasteiger partial charge in [-0.15, -0.1) is 0 Å². The van der Waals surface area contributed by atoms with Crippen LogP contribution < -0.4 is 4.57 Å². The fourth-order valence-electron chi connectivity index (χ4n) is 1.13. The zero-order valence-electron chi connectivity index (χ0n) is 6.97. The van der Waals surface area contributed by atoms with E-state index in [1.807, 2.05) is 53.5 Å². The molecule has 0 saturated heterocycles. The Morgan fingerprint density at radius 3 is 2.46 bits per heavy atom. The summed E-state index contributed by atoms with van der Waals surface area (Å²) in [5.74, 6) is 0. The molecule has 3 heteroatoms. The third-order valence-corrected chi connectivity index (χ3v) is 2.04. The second-order valence-electron chi connectivity index (χ2n) is 2.69. The molecule has 0 aromatic carbocycles. The lowest BCUT2D eigenvalue weighted by Crippen LogP contribution is -2.28. The quantitative estimate of drug-likeness (QED) is 0.537. The highest BCUT2D eigenvalue weighted by Crippen LogP contribution is 1.95. The van der Waals surface area contributed by atoms with Gasteiger partial charge in [-0.2, -0.15) is 4.57 Å². The first-order valence-electron chi connectivity index (χ1n) is 4.02. The topological polar surface area (TPSA) is 19.7 Å². The van der Waals surface area contributed by atoms with Gasteiger partial charge in [-0.3, -0.25) is 0 Å². The third-order valence-electron chi connectivity index (χ3n) is 1.78. The van der Waals surface area contributed by atoms with E-state index in [0.29, 0.717) is 0 Å². The lowest BCUT2D eigenvalue weighted by molar-refractivity contribution is -0.596. The van der Waals surface area contributed by atoms with Crippen LogP contribution in [0.25, 0.3) is 5.69 Å². The largest absolute Gasteiger partial charge is 0.347 e. The lowest BCUT2D eigenvalue weighted by Gasteiger charge is -1.92. The number of rotatable bonds is 1. The molecule has 2 heterocycles. The predicted octanol–water partition coefficient (Wildman–Crippen LogP) is 2.02. The maximum atomic E-state index is 4.96. The van der Waals surface area contributed by atoms with Gasteiger partial charge in [-0.25, -0.2) is 0 Å². The Balaban J connectivity index is 2.48. The van der Waals surface area contributed by atoms with Crippen molar-refractivity contribution in [2.24, 2.45) is 0 Å². The fraction of sp³-hybridized carbons (Fsp3) is 0. The van der Waals surface area contributed by atoms with Crippen molar-refractivity contribution in [2.75, 3.05) is 0 Å². The first kappa shape index (κ1) is 8.13. The van der Waals surface area contributed by atoms with Crippen LogP contribution in [0.2, 0.25) is 0 Å². The second-order valence-corrected chi connectivity index (χ2v) is 3.13. The predicted molar refractivity (Wildman–Crippen MR) is 53.2 cm³/mol. The zero-order valence-corrected chi connectivity index (χ0v) is 7.79. The molecule has 1 N–H and O–H groups in total. The van der Waals surface area contributed by atoms with Crippen molar-refractivity contribution in [1.29, 1.82) is 0 Å². The van der Waals surface area contributed by atoms with Crippen molar-refractivity contribution >= 4 is 12.2 Å². The summed E-state index contributed by atoms with van der Waals surface area (Å²) in [5.41, 5.74) is 1.08. The number of aromatic nitrogens is 2. The van der Waals surface area contributed by atoms with Crippen molar-refractivity contribution in [2.45, 2.75) is 0 Å². The first-order chi connectivity index (χ1) is 6.36. The van der Waals surface area contributed by atoms with Crippen LogP contribution in [0.15, 0.2) is 48.9 Å². The number of nitrogens with one attached hydrogen (secondary N) is 1. The summed E-state index contributed by atoms with van der Waals surface area (Å²) in [7, 11) is 0. The molecule has 0 bridgehead atoms. The Labute approximate surface area is 81.5 Å². The molecule has 0 radical (unpaired) electrons. The molecule has 2 rings (SSSR count). The fourth-order valence-corrected chi connectivity index (χ4v) is 1.26. The number of hydrogen-bond donors (Lipinski definition) is 1. The minimum absolute atomic E-state index is 0.750. The first-order valence-corrected chi connectivity index (χ1v) is 4.42. The number of pyridine rings is 2. The van der Waals surface area contributed by atoms with E-state index in [0.717, 1.165) is 10.3 Å². The van der Waals surface area contributed by atoms with E-state index < -0.39 is 0 Å².